The van der Waals surface area contributed by atoms with Gasteiger partial charge in [0.1, 0.15) is 17.0 Å². The molecule has 0 saturated carbocycles. The molecular formula is C16H16N2O5. The number of esters is 1. The van der Waals surface area contributed by atoms with Crippen LogP contribution in [0.3, 0.4) is 0 Å². The molecule has 0 fully saturated rings. The number of nitro benzene ring substituents is 1. The van der Waals surface area contributed by atoms with Crippen molar-refractivity contribution in [1.82, 2.24) is 0 Å². The van der Waals surface area contributed by atoms with E-state index in [-0.39, 0.29) is 23.5 Å². The van der Waals surface area contributed by atoms with Crippen LogP contribution in [0.1, 0.15) is 17.3 Å². The van der Waals surface area contributed by atoms with E-state index < -0.39 is 10.9 Å². The van der Waals surface area contributed by atoms with Gasteiger partial charge in [0, 0.05) is 5.69 Å². The molecule has 0 radical (unpaired) electrons. The molecule has 0 aliphatic heterocycles. The van der Waals surface area contributed by atoms with Crippen molar-refractivity contribution >= 4 is 23.0 Å². The average Bonchev–Trinajstić information content (AvgIpc) is 2.55. The van der Waals surface area contributed by atoms with Crippen molar-refractivity contribution in [3.8, 4) is 5.75 Å². The fourth-order valence-electron chi connectivity index (χ4n) is 2.04. The fraction of sp³-hybridized carbons (Fsp3) is 0.188. The van der Waals surface area contributed by atoms with Crippen molar-refractivity contribution in [1.29, 1.82) is 0 Å². The van der Waals surface area contributed by atoms with Crippen LogP contribution < -0.4 is 10.1 Å². The van der Waals surface area contributed by atoms with Gasteiger partial charge >= 0.3 is 11.7 Å². The third-order valence-corrected chi connectivity index (χ3v) is 3.08. The first-order valence-electron chi connectivity index (χ1n) is 6.92. The number of nitrogens with zero attached hydrogens (tertiary/aromatic N) is 1. The predicted molar refractivity (Wildman–Crippen MR) is 85.3 cm³/mol. The van der Waals surface area contributed by atoms with Gasteiger partial charge in [-0.15, -0.1) is 0 Å². The molecule has 0 bridgehead atoms. The normalized spacial score (nSPS) is 10.0. The number of nitrogens with one attached hydrogen (secondary N) is 1. The fourth-order valence-corrected chi connectivity index (χ4v) is 2.04. The highest BCUT2D eigenvalue weighted by Crippen LogP contribution is 2.32. The molecule has 0 saturated heterocycles. The number of anilines is 2. The quantitative estimate of drug-likeness (QED) is 0.498. The smallest absolute Gasteiger partial charge is 0.345 e. The summed E-state index contributed by atoms with van der Waals surface area (Å²) in [6.07, 6.45) is 0. The number of ether oxygens (including phenoxy) is 2. The van der Waals surface area contributed by atoms with Gasteiger partial charge in [0.05, 0.1) is 18.6 Å². The van der Waals surface area contributed by atoms with Crippen molar-refractivity contribution in [2.24, 2.45) is 0 Å². The van der Waals surface area contributed by atoms with Crippen LogP contribution in [-0.2, 0) is 4.74 Å². The van der Waals surface area contributed by atoms with E-state index in [0.29, 0.717) is 11.4 Å². The first-order chi connectivity index (χ1) is 11.1. The Hall–Kier alpha value is -3.09. The van der Waals surface area contributed by atoms with Crippen LogP contribution in [0, 0.1) is 10.1 Å². The Morgan fingerprint density at radius 2 is 1.91 bits per heavy atom. The van der Waals surface area contributed by atoms with Gasteiger partial charge in [0.25, 0.3) is 0 Å². The van der Waals surface area contributed by atoms with Gasteiger partial charge in [-0.05, 0) is 43.3 Å². The molecule has 0 amide bonds. The van der Waals surface area contributed by atoms with Crippen LogP contribution in [0.2, 0.25) is 0 Å². The van der Waals surface area contributed by atoms with E-state index in [9.17, 15) is 14.9 Å². The number of carbonyl (C=O) groups excluding carboxylic acids is 1. The van der Waals surface area contributed by atoms with Gasteiger partial charge in [-0.3, -0.25) is 10.1 Å². The number of benzene rings is 2. The van der Waals surface area contributed by atoms with Crippen molar-refractivity contribution in [3.63, 3.8) is 0 Å². The Kier molecular flexibility index (Phi) is 5.14. The molecular weight excluding hydrogens is 300 g/mol. The molecule has 0 aliphatic carbocycles. The Balaban J connectivity index is 2.39. The largest absolute Gasteiger partial charge is 0.497 e. The van der Waals surface area contributed by atoms with Crippen molar-refractivity contribution in [2.75, 3.05) is 19.0 Å². The third-order valence-electron chi connectivity index (χ3n) is 3.08. The topological polar surface area (TPSA) is 90.7 Å². The highest BCUT2D eigenvalue weighted by molar-refractivity contribution is 5.97. The third kappa shape index (κ3) is 3.76. The summed E-state index contributed by atoms with van der Waals surface area (Å²) in [5.74, 6) is -0.0529. The molecule has 1 N–H and O–H groups in total. The number of methoxy groups -OCH3 is 1. The summed E-state index contributed by atoms with van der Waals surface area (Å²) in [6.45, 7) is 1.79. The minimum absolute atomic E-state index is 0.0876. The lowest BCUT2D eigenvalue weighted by Gasteiger charge is -2.10. The lowest BCUT2D eigenvalue weighted by Crippen LogP contribution is -2.09. The van der Waals surface area contributed by atoms with Gasteiger partial charge in [-0.2, -0.15) is 0 Å². The number of hydrogen-bond acceptors (Lipinski definition) is 6. The van der Waals surface area contributed by atoms with Crippen LogP contribution in [0.15, 0.2) is 42.5 Å². The van der Waals surface area contributed by atoms with Crippen molar-refractivity contribution < 1.29 is 19.2 Å². The standard InChI is InChI=1S/C16H16N2O5/c1-3-23-16(19)13-5-4-6-14(15(13)18(20)21)17-11-7-9-12(22-2)10-8-11/h4-10,17H,3H2,1-2H3. The summed E-state index contributed by atoms with van der Waals surface area (Å²) < 4.78 is 9.93. The van der Waals surface area contributed by atoms with Crippen LogP contribution >= 0.6 is 0 Å². The maximum absolute atomic E-state index is 11.9. The monoisotopic (exact) mass is 316 g/mol. The second-order valence-corrected chi connectivity index (χ2v) is 4.53. The Morgan fingerprint density at radius 3 is 2.48 bits per heavy atom. The molecule has 2 aromatic rings. The summed E-state index contributed by atoms with van der Waals surface area (Å²) in [5.41, 5.74) is 0.442. The van der Waals surface area contributed by atoms with E-state index in [4.69, 9.17) is 9.47 Å². The second kappa shape index (κ2) is 7.26. The number of hydrogen-bond donors (Lipinski definition) is 1. The second-order valence-electron chi connectivity index (χ2n) is 4.53. The lowest BCUT2D eigenvalue weighted by molar-refractivity contribution is -0.384. The Morgan fingerprint density at radius 1 is 1.22 bits per heavy atom. The SMILES string of the molecule is CCOC(=O)c1cccc(Nc2ccc(OC)cc2)c1[N+](=O)[O-]. The van der Waals surface area contributed by atoms with Crippen molar-refractivity contribution in [3.05, 3.63) is 58.1 Å². The van der Waals surface area contributed by atoms with Gasteiger partial charge in [0.15, 0.2) is 0 Å². The molecule has 2 aromatic carbocycles. The highest BCUT2D eigenvalue weighted by Gasteiger charge is 2.25. The van der Waals surface area contributed by atoms with Crippen LogP contribution in [0.5, 0.6) is 5.75 Å². The Labute approximate surface area is 133 Å². The molecule has 7 heteroatoms. The molecule has 0 atom stereocenters. The summed E-state index contributed by atoms with van der Waals surface area (Å²) >= 11 is 0. The first kappa shape index (κ1) is 16.3. The summed E-state index contributed by atoms with van der Waals surface area (Å²) in [7, 11) is 1.55. The zero-order chi connectivity index (χ0) is 16.8. The molecule has 7 nitrogen and oxygen atoms in total. The van der Waals surface area contributed by atoms with E-state index in [1.807, 2.05) is 0 Å². The van der Waals surface area contributed by atoms with E-state index in [0.717, 1.165) is 0 Å². The van der Waals surface area contributed by atoms with Gasteiger partial charge in [-0.25, -0.2) is 4.79 Å². The predicted octanol–water partition coefficient (Wildman–Crippen LogP) is 3.52. The number of carbonyl (C=O) groups is 1. The Bertz CT molecular complexity index is 713. The zero-order valence-corrected chi connectivity index (χ0v) is 12.7. The minimum Gasteiger partial charge on any atom is -0.497 e. The summed E-state index contributed by atoms with van der Waals surface area (Å²) in [5, 5.41) is 14.3. The van der Waals surface area contributed by atoms with E-state index in [1.165, 1.54) is 12.1 Å². The number of nitro groups is 1. The number of rotatable bonds is 6. The maximum Gasteiger partial charge on any atom is 0.345 e. The molecule has 120 valence electrons. The molecule has 2 rings (SSSR count). The van der Waals surface area contributed by atoms with Crippen molar-refractivity contribution in [2.45, 2.75) is 6.92 Å². The molecule has 0 aromatic heterocycles. The van der Waals surface area contributed by atoms with E-state index in [2.05, 4.69) is 5.32 Å². The number of para-hydroxylation sites is 1. The van der Waals surface area contributed by atoms with Gasteiger partial charge in [0.2, 0.25) is 0 Å². The van der Waals surface area contributed by atoms with E-state index >= 15 is 0 Å². The molecule has 0 unspecified atom stereocenters. The van der Waals surface area contributed by atoms with E-state index in [1.54, 1.807) is 44.4 Å². The minimum atomic E-state index is -0.724. The molecule has 23 heavy (non-hydrogen) atoms. The average molecular weight is 316 g/mol. The lowest BCUT2D eigenvalue weighted by atomic mass is 10.1. The summed E-state index contributed by atoms with van der Waals surface area (Å²) in [4.78, 5) is 22.7. The molecule has 0 heterocycles. The maximum atomic E-state index is 11.9. The van der Waals surface area contributed by atoms with Crippen LogP contribution in [0.4, 0.5) is 17.1 Å². The molecule has 0 aliphatic rings. The van der Waals surface area contributed by atoms with Gasteiger partial charge in [-0.1, -0.05) is 6.07 Å². The van der Waals surface area contributed by atoms with Crippen LogP contribution in [-0.4, -0.2) is 24.6 Å². The zero-order valence-electron chi connectivity index (χ0n) is 12.7. The first-order valence-corrected chi connectivity index (χ1v) is 6.92. The highest BCUT2D eigenvalue weighted by atomic mass is 16.6. The van der Waals surface area contributed by atoms with Gasteiger partial charge < -0.3 is 14.8 Å². The molecule has 0 spiro atoms. The summed E-state index contributed by atoms with van der Waals surface area (Å²) in [6, 6.07) is 11.4. The van der Waals surface area contributed by atoms with Crippen LogP contribution in [0.25, 0.3) is 0 Å².